The molecule has 1 amide bonds. The lowest BCUT2D eigenvalue weighted by Gasteiger charge is -2.28. The molecule has 0 spiro atoms. The van der Waals surface area contributed by atoms with Gasteiger partial charge >= 0.3 is 0 Å². The summed E-state index contributed by atoms with van der Waals surface area (Å²) >= 11 is 0. The molecular weight excluding hydrogens is 272 g/mol. The summed E-state index contributed by atoms with van der Waals surface area (Å²) in [5.74, 6) is 0.0550. The SMILES string of the molecule is O=C(c1ccncc1)N(Cc1ccccc1)C1=CCCCC1. The Bertz CT molecular complexity index is 650. The molecule has 0 unspecified atom stereocenters. The molecule has 1 aliphatic rings. The summed E-state index contributed by atoms with van der Waals surface area (Å²) in [5.41, 5.74) is 2.99. The van der Waals surface area contributed by atoms with Crippen LogP contribution in [0.2, 0.25) is 0 Å². The standard InChI is InChI=1S/C19H20N2O/c22-19(17-11-13-20-14-12-17)21(18-9-5-2-6-10-18)15-16-7-3-1-4-8-16/h1,3-4,7-9,11-14H,2,5-6,10,15H2. The Morgan fingerprint density at radius 2 is 1.82 bits per heavy atom. The summed E-state index contributed by atoms with van der Waals surface area (Å²) in [6, 6.07) is 13.7. The molecular formula is C19H20N2O. The number of aromatic nitrogens is 1. The predicted octanol–water partition coefficient (Wildman–Crippen LogP) is 4.18. The number of pyridine rings is 1. The van der Waals surface area contributed by atoms with Gasteiger partial charge in [-0.3, -0.25) is 9.78 Å². The van der Waals surface area contributed by atoms with Crippen LogP contribution in [-0.4, -0.2) is 15.8 Å². The van der Waals surface area contributed by atoms with E-state index in [1.165, 1.54) is 6.42 Å². The Balaban J connectivity index is 1.89. The molecule has 0 atom stereocenters. The number of rotatable bonds is 4. The first-order valence-corrected chi connectivity index (χ1v) is 7.79. The molecule has 0 fully saturated rings. The molecule has 1 aromatic carbocycles. The summed E-state index contributed by atoms with van der Waals surface area (Å²) in [7, 11) is 0. The highest BCUT2D eigenvalue weighted by molar-refractivity contribution is 5.95. The van der Waals surface area contributed by atoms with Gasteiger partial charge in [0.05, 0.1) is 6.54 Å². The molecule has 0 bridgehead atoms. The Hall–Kier alpha value is -2.42. The summed E-state index contributed by atoms with van der Waals surface area (Å²) in [4.78, 5) is 18.8. The van der Waals surface area contributed by atoms with Crippen LogP contribution < -0.4 is 0 Å². The van der Waals surface area contributed by atoms with E-state index in [2.05, 4.69) is 23.2 Å². The second kappa shape index (κ2) is 7.03. The first kappa shape index (κ1) is 14.5. The lowest BCUT2D eigenvalue weighted by molar-refractivity contribution is 0.0788. The van der Waals surface area contributed by atoms with E-state index in [4.69, 9.17) is 0 Å². The third kappa shape index (κ3) is 3.42. The van der Waals surface area contributed by atoms with Crippen LogP contribution in [-0.2, 0) is 6.54 Å². The minimum Gasteiger partial charge on any atom is -0.308 e. The van der Waals surface area contributed by atoms with E-state index in [-0.39, 0.29) is 5.91 Å². The minimum atomic E-state index is 0.0550. The van der Waals surface area contributed by atoms with Gasteiger partial charge in [0.25, 0.3) is 5.91 Å². The van der Waals surface area contributed by atoms with Gasteiger partial charge in [-0.1, -0.05) is 36.4 Å². The molecule has 0 N–H and O–H groups in total. The average Bonchev–Trinajstić information content (AvgIpc) is 2.61. The van der Waals surface area contributed by atoms with Crippen LogP contribution in [0.4, 0.5) is 0 Å². The average molecular weight is 292 g/mol. The van der Waals surface area contributed by atoms with Crippen molar-refractivity contribution in [2.24, 2.45) is 0 Å². The van der Waals surface area contributed by atoms with E-state index < -0.39 is 0 Å². The Morgan fingerprint density at radius 3 is 2.50 bits per heavy atom. The molecule has 3 heteroatoms. The number of hydrogen-bond donors (Lipinski definition) is 0. The minimum absolute atomic E-state index is 0.0550. The molecule has 22 heavy (non-hydrogen) atoms. The van der Waals surface area contributed by atoms with Crippen molar-refractivity contribution in [3.8, 4) is 0 Å². The third-order valence-electron chi connectivity index (χ3n) is 3.97. The first-order chi connectivity index (χ1) is 10.8. The molecule has 0 aliphatic heterocycles. The lowest BCUT2D eigenvalue weighted by atomic mass is 10.0. The van der Waals surface area contributed by atoms with Gasteiger partial charge in [0, 0.05) is 23.7 Å². The lowest BCUT2D eigenvalue weighted by Crippen LogP contribution is -2.30. The molecule has 2 aromatic rings. The Morgan fingerprint density at radius 1 is 1.05 bits per heavy atom. The number of allylic oxidation sites excluding steroid dienone is 2. The van der Waals surface area contributed by atoms with Gasteiger partial charge in [0.2, 0.25) is 0 Å². The second-order valence-electron chi connectivity index (χ2n) is 5.55. The van der Waals surface area contributed by atoms with Crippen LogP contribution in [0.3, 0.4) is 0 Å². The van der Waals surface area contributed by atoms with Crippen LogP contribution in [0.1, 0.15) is 41.6 Å². The fourth-order valence-corrected chi connectivity index (χ4v) is 2.79. The summed E-state index contributed by atoms with van der Waals surface area (Å²) in [6.07, 6.45) is 9.96. The highest BCUT2D eigenvalue weighted by atomic mass is 16.2. The van der Waals surface area contributed by atoms with Gasteiger partial charge in [-0.05, 0) is 43.4 Å². The van der Waals surface area contributed by atoms with Gasteiger partial charge in [-0.15, -0.1) is 0 Å². The molecule has 1 aromatic heterocycles. The van der Waals surface area contributed by atoms with Crippen LogP contribution >= 0.6 is 0 Å². The van der Waals surface area contributed by atoms with E-state index in [1.54, 1.807) is 24.5 Å². The zero-order valence-corrected chi connectivity index (χ0v) is 12.6. The molecule has 0 saturated heterocycles. The number of benzene rings is 1. The Labute approximate surface area is 131 Å². The molecule has 112 valence electrons. The molecule has 0 radical (unpaired) electrons. The first-order valence-electron chi connectivity index (χ1n) is 7.79. The fourth-order valence-electron chi connectivity index (χ4n) is 2.79. The number of amides is 1. The van der Waals surface area contributed by atoms with E-state index in [0.29, 0.717) is 12.1 Å². The van der Waals surface area contributed by atoms with Gasteiger partial charge in [-0.2, -0.15) is 0 Å². The Kier molecular flexibility index (Phi) is 4.64. The van der Waals surface area contributed by atoms with Crippen molar-refractivity contribution in [2.45, 2.75) is 32.2 Å². The zero-order valence-electron chi connectivity index (χ0n) is 12.6. The fraction of sp³-hybridized carbons (Fsp3) is 0.263. The highest BCUT2D eigenvalue weighted by Gasteiger charge is 2.21. The summed E-state index contributed by atoms with van der Waals surface area (Å²) < 4.78 is 0. The number of carbonyl (C=O) groups excluding carboxylic acids is 1. The largest absolute Gasteiger partial charge is 0.308 e. The predicted molar refractivity (Wildman–Crippen MR) is 87.1 cm³/mol. The zero-order chi connectivity index (χ0) is 15.2. The smallest absolute Gasteiger partial charge is 0.258 e. The molecule has 0 saturated carbocycles. The van der Waals surface area contributed by atoms with Crippen molar-refractivity contribution in [1.29, 1.82) is 0 Å². The van der Waals surface area contributed by atoms with Gasteiger partial charge in [-0.25, -0.2) is 0 Å². The van der Waals surface area contributed by atoms with Crippen LogP contribution in [0, 0.1) is 0 Å². The monoisotopic (exact) mass is 292 g/mol. The van der Waals surface area contributed by atoms with Gasteiger partial charge in [0.1, 0.15) is 0 Å². The van der Waals surface area contributed by atoms with Crippen molar-refractivity contribution in [2.75, 3.05) is 0 Å². The molecule has 3 rings (SSSR count). The van der Waals surface area contributed by atoms with Crippen molar-refractivity contribution in [3.05, 3.63) is 77.8 Å². The third-order valence-corrected chi connectivity index (χ3v) is 3.97. The van der Waals surface area contributed by atoms with Crippen molar-refractivity contribution in [1.82, 2.24) is 9.88 Å². The maximum atomic E-state index is 12.9. The molecule has 1 heterocycles. The summed E-state index contributed by atoms with van der Waals surface area (Å²) in [6.45, 7) is 0.619. The molecule has 3 nitrogen and oxygen atoms in total. The van der Waals surface area contributed by atoms with Crippen LogP contribution in [0.15, 0.2) is 66.6 Å². The van der Waals surface area contributed by atoms with E-state index in [0.717, 1.165) is 30.5 Å². The van der Waals surface area contributed by atoms with Gasteiger partial charge < -0.3 is 4.90 Å². The maximum absolute atomic E-state index is 12.9. The van der Waals surface area contributed by atoms with Crippen molar-refractivity contribution in [3.63, 3.8) is 0 Å². The van der Waals surface area contributed by atoms with Crippen LogP contribution in [0.5, 0.6) is 0 Å². The maximum Gasteiger partial charge on any atom is 0.258 e. The number of hydrogen-bond acceptors (Lipinski definition) is 2. The summed E-state index contributed by atoms with van der Waals surface area (Å²) in [5, 5.41) is 0. The quantitative estimate of drug-likeness (QED) is 0.847. The van der Waals surface area contributed by atoms with Gasteiger partial charge in [0.15, 0.2) is 0 Å². The van der Waals surface area contributed by atoms with E-state index in [1.807, 2.05) is 23.1 Å². The van der Waals surface area contributed by atoms with Crippen molar-refractivity contribution >= 4 is 5.91 Å². The normalized spacial score (nSPS) is 14.3. The number of carbonyl (C=O) groups is 1. The second-order valence-corrected chi connectivity index (χ2v) is 5.55. The molecule has 1 aliphatic carbocycles. The van der Waals surface area contributed by atoms with Crippen LogP contribution in [0.25, 0.3) is 0 Å². The van der Waals surface area contributed by atoms with E-state index >= 15 is 0 Å². The van der Waals surface area contributed by atoms with E-state index in [9.17, 15) is 4.79 Å². The van der Waals surface area contributed by atoms with Crippen molar-refractivity contribution < 1.29 is 4.79 Å². The topological polar surface area (TPSA) is 33.2 Å². The highest BCUT2D eigenvalue weighted by Crippen LogP contribution is 2.24. The number of nitrogens with zero attached hydrogens (tertiary/aromatic N) is 2.